The van der Waals surface area contributed by atoms with Crippen molar-refractivity contribution < 1.29 is 14.5 Å². The van der Waals surface area contributed by atoms with Crippen LogP contribution in [-0.2, 0) is 6.61 Å². The first kappa shape index (κ1) is 15.2. The van der Waals surface area contributed by atoms with Crippen molar-refractivity contribution in [1.29, 1.82) is 0 Å². The van der Waals surface area contributed by atoms with Crippen LogP contribution < -0.4 is 4.74 Å². The molecule has 6 heteroatoms. The molecule has 0 heterocycles. The summed E-state index contributed by atoms with van der Waals surface area (Å²) in [6, 6.07) is 13.7. The average molecular weight is 350 g/mol. The molecule has 0 N–H and O–H groups in total. The molecule has 0 aliphatic rings. The van der Waals surface area contributed by atoms with Crippen molar-refractivity contribution in [3.05, 3.63) is 69.8 Å². The second-order valence-electron chi connectivity index (χ2n) is 4.27. The van der Waals surface area contributed by atoms with Crippen molar-refractivity contribution >= 4 is 27.4 Å². The molecule has 21 heavy (non-hydrogen) atoms. The molecular weight excluding hydrogens is 338 g/mol. The molecule has 0 bridgehead atoms. The molecule has 108 valence electrons. The first-order valence-corrected chi connectivity index (χ1v) is 7.28. The molecule has 0 fully saturated rings. The minimum absolute atomic E-state index is 0.0238. The molecule has 0 aromatic heterocycles. The van der Waals surface area contributed by atoms with Crippen LogP contribution in [0.3, 0.4) is 0 Å². The molecular formula is C15H12BrNO4. The maximum atomic E-state index is 11.8. The van der Waals surface area contributed by atoms with Crippen molar-refractivity contribution in [2.75, 3.05) is 5.33 Å². The van der Waals surface area contributed by atoms with Gasteiger partial charge < -0.3 is 4.74 Å². The molecule has 0 aliphatic heterocycles. The quantitative estimate of drug-likeness (QED) is 0.344. The Kier molecular flexibility index (Phi) is 5.05. The zero-order valence-corrected chi connectivity index (χ0v) is 12.6. The van der Waals surface area contributed by atoms with Gasteiger partial charge in [0, 0.05) is 6.07 Å². The van der Waals surface area contributed by atoms with Gasteiger partial charge in [-0.2, -0.15) is 0 Å². The second kappa shape index (κ2) is 6.99. The summed E-state index contributed by atoms with van der Waals surface area (Å²) in [5.74, 6) is 0.0700. The average Bonchev–Trinajstić information content (AvgIpc) is 2.52. The van der Waals surface area contributed by atoms with Crippen LogP contribution in [-0.4, -0.2) is 16.0 Å². The second-order valence-corrected chi connectivity index (χ2v) is 4.83. The Labute approximate surface area is 129 Å². The van der Waals surface area contributed by atoms with Gasteiger partial charge in [0.15, 0.2) is 5.78 Å². The number of hydrogen-bond acceptors (Lipinski definition) is 4. The van der Waals surface area contributed by atoms with Gasteiger partial charge in [0.05, 0.1) is 15.8 Å². The summed E-state index contributed by atoms with van der Waals surface area (Å²) in [6.07, 6.45) is 0. The summed E-state index contributed by atoms with van der Waals surface area (Å²) in [4.78, 5) is 22.1. The van der Waals surface area contributed by atoms with E-state index in [1.54, 1.807) is 0 Å². The van der Waals surface area contributed by atoms with Crippen molar-refractivity contribution in [2.45, 2.75) is 6.61 Å². The van der Waals surface area contributed by atoms with E-state index in [1.807, 2.05) is 30.3 Å². The monoisotopic (exact) mass is 349 g/mol. The summed E-state index contributed by atoms with van der Waals surface area (Å²) in [5, 5.41) is 11.0. The Hall–Kier alpha value is -2.21. The molecule has 2 aromatic carbocycles. The number of nitrogens with zero attached hydrogens (tertiary/aromatic N) is 1. The number of alkyl halides is 1. The summed E-state index contributed by atoms with van der Waals surface area (Å²) in [6.45, 7) is 0.334. The van der Waals surface area contributed by atoms with E-state index in [0.717, 1.165) is 5.56 Å². The third kappa shape index (κ3) is 3.88. The Morgan fingerprint density at radius 1 is 1.19 bits per heavy atom. The number of hydrogen-bond donors (Lipinski definition) is 0. The van der Waals surface area contributed by atoms with Crippen LogP contribution in [0.4, 0.5) is 5.69 Å². The fourth-order valence-electron chi connectivity index (χ4n) is 1.80. The predicted octanol–water partition coefficient (Wildman–Crippen LogP) is 3.75. The number of ketones is 1. The van der Waals surface area contributed by atoms with Gasteiger partial charge in [0.25, 0.3) is 5.69 Å². The molecule has 2 aromatic rings. The highest BCUT2D eigenvalue weighted by Crippen LogP contribution is 2.25. The third-order valence-corrected chi connectivity index (χ3v) is 3.34. The smallest absolute Gasteiger partial charge is 0.280 e. The summed E-state index contributed by atoms with van der Waals surface area (Å²) < 4.78 is 5.57. The number of Topliss-reactive ketones (excluding diaryl/α,β-unsaturated/α-hetero) is 1. The largest absolute Gasteiger partial charge is 0.489 e. The predicted molar refractivity (Wildman–Crippen MR) is 82.0 cm³/mol. The van der Waals surface area contributed by atoms with Crippen LogP contribution in [0.15, 0.2) is 48.5 Å². The molecule has 0 unspecified atom stereocenters. The molecule has 0 radical (unpaired) electrons. The molecule has 2 rings (SSSR count). The standard InChI is InChI=1S/C15H12BrNO4/c16-9-15(18)13-8-12(6-7-14(13)17(19)20)21-10-11-4-2-1-3-5-11/h1-8H,9-10H2. The van der Waals surface area contributed by atoms with E-state index < -0.39 is 4.92 Å². The zero-order valence-electron chi connectivity index (χ0n) is 11.0. The van der Waals surface area contributed by atoms with Crippen LogP contribution in [0, 0.1) is 10.1 Å². The van der Waals surface area contributed by atoms with E-state index in [4.69, 9.17) is 4.74 Å². The molecule has 0 atom stereocenters. The van der Waals surface area contributed by atoms with Crippen LogP contribution in [0.2, 0.25) is 0 Å². The molecule has 0 saturated carbocycles. The van der Waals surface area contributed by atoms with Crippen LogP contribution in [0.25, 0.3) is 0 Å². The maximum Gasteiger partial charge on any atom is 0.280 e. The van der Waals surface area contributed by atoms with Gasteiger partial charge in [-0.05, 0) is 17.7 Å². The maximum absolute atomic E-state index is 11.8. The molecule has 0 saturated heterocycles. The van der Waals surface area contributed by atoms with E-state index in [2.05, 4.69) is 15.9 Å². The van der Waals surface area contributed by atoms with E-state index >= 15 is 0 Å². The number of benzene rings is 2. The van der Waals surface area contributed by atoms with Gasteiger partial charge >= 0.3 is 0 Å². The van der Waals surface area contributed by atoms with Crippen LogP contribution >= 0.6 is 15.9 Å². The highest BCUT2D eigenvalue weighted by atomic mass is 79.9. The summed E-state index contributed by atoms with van der Waals surface area (Å²) >= 11 is 3.02. The fourth-order valence-corrected chi connectivity index (χ4v) is 2.10. The highest BCUT2D eigenvalue weighted by Gasteiger charge is 2.20. The number of halogens is 1. The lowest BCUT2D eigenvalue weighted by Gasteiger charge is -2.08. The fraction of sp³-hybridized carbons (Fsp3) is 0.133. The van der Waals surface area contributed by atoms with Crippen molar-refractivity contribution in [3.63, 3.8) is 0 Å². The normalized spacial score (nSPS) is 10.1. The van der Waals surface area contributed by atoms with Gasteiger partial charge in [-0.25, -0.2) is 0 Å². The van der Waals surface area contributed by atoms with Gasteiger partial charge in [-0.3, -0.25) is 14.9 Å². The van der Waals surface area contributed by atoms with E-state index in [9.17, 15) is 14.9 Å². The van der Waals surface area contributed by atoms with Gasteiger partial charge in [-0.15, -0.1) is 0 Å². The highest BCUT2D eigenvalue weighted by molar-refractivity contribution is 9.09. The molecule has 0 amide bonds. The van der Waals surface area contributed by atoms with E-state index in [1.165, 1.54) is 18.2 Å². The molecule has 0 aliphatic carbocycles. The molecule has 5 nitrogen and oxygen atoms in total. The minimum atomic E-state index is -0.573. The lowest BCUT2D eigenvalue weighted by atomic mass is 10.1. The van der Waals surface area contributed by atoms with Gasteiger partial charge in [0.2, 0.25) is 0 Å². The van der Waals surface area contributed by atoms with Crippen molar-refractivity contribution in [3.8, 4) is 5.75 Å². The Balaban J connectivity index is 2.21. The number of nitro groups is 1. The van der Waals surface area contributed by atoms with Gasteiger partial charge in [0.1, 0.15) is 12.4 Å². The van der Waals surface area contributed by atoms with Crippen LogP contribution in [0.5, 0.6) is 5.75 Å². The number of ether oxygens (including phenoxy) is 1. The van der Waals surface area contributed by atoms with Crippen molar-refractivity contribution in [2.24, 2.45) is 0 Å². The van der Waals surface area contributed by atoms with Crippen LogP contribution in [0.1, 0.15) is 15.9 Å². The SMILES string of the molecule is O=C(CBr)c1cc(OCc2ccccc2)ccc1[N+](=O)[O-]. The first-order valence-electron chi connectivity index (χ1n) is 6.16. The Bertz CT molecular complexity index is 658. The lowest BCUT2D eigenvalue weighted by Crippen LogP contribution is -2.06. The Morgan fingerprint density at radius 2 is 1.90 bits per heavy atom. The topological polar surface area (TPSA) is 69.4 Å². The molecule has 0 spiro atoms. The van der Waals surface area contributed by atoms with E-state index in [0.29, 0.717) is 12.4 Å². The Morgan fingerprint density at radius 3 is 2.52 bits per heavy atom. The number of carbonyl (C=O) groups excluding carboxylic acids is 1. The number of rotatable bonds is 6. The minimum Gasteiger partial charge on any atom is -0.489 e. The first-order chi connectivity index (χ1) is 10.1. The van der Waals surface area contributed by atoms with Crippen molar-refractivity contribution in [1.82, 2.24) is 0 Å². The number of carbonyl (C=O) groups is 1. The van der Waals surface area contributed by atoms with Gasteiger partial charge in [-0.1, -0.05) is 46.3 Å². The van der Waals surface area contributed by atoms with E-state index in [-0.39, 0.29) is 22.4 Å². The summed E-state index contributed by atoms with van der Waals surface area (Å²) in [7, 11) is 0. The summed E-state index contributed by atoms with van der Waals surface area (Å²) in [5.41, 5.74) is 0.804. The third-order valence-electron chi connectivity index (χ3n) is 2.83. The number of nitro benzene ring substituents is 1. The zero-order chi connectivity index (χ0) is 15.2. The lowest BCUT2D eigenvalue weighted by molar-refractivity contribution is -0.385.